The second-order valence-corrected chi connectivity index (χ2v) is 7.33. The molecule has 5 heteroatoms. The third-order valence-electron chi connectivity index (χ3n) is 5.11. The lowest BCUT2D eigenvalue weighted by atomic mass is 10.0. The van der Waals surface area contributed by atoms with Gasteiger partial charge in [0.05, 0.1) is 18.7 Å². The number of amides is 1. The van der Waals surface area contributed by atoms with Gasteiger partial charge in [-0.2, -0.15) is 0 Å². The molecule has 5 nitrogen and oxygen atoms in total. The van der Waals surface area contributed by atoms with Gasteiger partial charge in [0.25, 0.3) is 5.91 Å². The number of ether oxygens (including phenoxy) is 2. The maximum Gasteiger partial charge on any atom is 0.251 e. The monoisotopic (exact) mass is 426 g/mol. The van der Waals surface area contributed by atoms with Crippen molar-refractivity contribution < 1.29 is 14.3 Å². The molecule has 32 heavy (non-hydrogen) atoms. The fourth-order valence-electron chi connectivity index (χ4n) is 3.56. The summed E-state index contributed by atoms with van der Waals surface area (Å²) < 4.78 is 11.3. The third-order valence-corrected chi connectivity index (χ3v) is 5.11. The molecule has 1 heterocycles. The van der Waals surface area contributed by atoms with E-state index < -0.39 is 0 Å². The molecule has 162 valence electrons. The molecule has 0 saturated carbocycles. The fraction of sp³-hybridized carbons (Fsp3) is 0.185. The number of hydrogen-bond acceptors (Lipinski definition) is 4. The zero-order chi connectivity index (χ0) is 22.3. The van der Waals surface area contributed by atoms with Crippen LogP contribution < -0.4 is 14.8 Å². The molecule has 4 aromatic rings. The summed E-state index contributed by atoms with van der Waals surface area (Å²) in [6.07, 6.45) is 1.84. The predicted octanol–water partition coefficient (Wildman–Crippen LogP) is 5.63. The van der Waals surface area contributed by atoms with E-state index in [2.05, 4.69) is 16.4 Å². The Hall–Kier alpha value is -3.86. The number of nitrogens with zero attached hydrogens (tertiary/aromatic N) is 1. The summed E-state index contributed by atoms with van der Waals surface area (Å²) in [5.41, 5.74) is 4.43. The van der Waals surface area contributed by atoms with Crippen molar-refractivity contribution in [2.24, 2.45) is 0 Å². The highest BCUT2D eigenvalue weighted by Crippen LogP contribution is 2.28. The molecule has 0 spiro atoms. The van der Waals surface area contributed by atoms with Gasteiger partial charge in [0, 0.05) is 29.3 Å². The number of para-hydroxylation sites is 1. The standard InChI is InChI=1S/C27H26N2O3/c1-3-31-25-13-12-19(14-26(25)32-4-2)17-29-27(30)22-10-7-9-20(15-22)23-16-21-8-5-6-11-24(21)28-18-23/h5-16,18H,3-4,17H2,1-2H3,(H,29,30). The number of hydrogen-bond donors (Lipinski definition) is 1. The number of rotatable bonds is 8. The average Bonchev–Trinajstić information content (AvgIpc) is 2.84. The first kappa shape index (κ1) is 21.4. The lowest BCUT2D eigenvalue weighted by molar-refractivity contribution is 0.0951. The maximum absolute atomic E-state index is 12.8. The topological polar surface area (TPSA) is 60.5 Å². The minimum atomic E-state index is -0.132. The van der Waals surface area contributed by atoms with Crippen LogP contribution in [0.1, 0.15) is 29.8 Å². The number of benzene rings is 3. The molecule has 1 aromatic heterocycles. The van der Waals surface area contributed by atoms with Crippen molar-refractivity contribution in [2.45, 2.75) is 20.4 Å². The van der Waals surface area contributed by atoms with Crippen molar-refractivity contribution in [3.05, 3.63) is 90.1 Å². The van der Waals surface area contributed by atoms with Gasteiger partial charge in [-0.1, -0.05) is 36.4 Å². The molecule has 0 radical (unpaired) electrons. The number of fused-ring (bicyclic) bond motifs is 1. The van der Waals surface area contributed by atoms with E-state index in [1.165, 1.54) is 0 Å². The third kappa shape index (κ3) is 4.89. The van der Waals surface area contributed by atoms with Crippen molar-refractivity contribution in [2.75, 3.05) is 13.2 Å². The quantitative estimate of drug-likeness (QED) is 0.397. The zero-order valence-electron chi connectivity index (χ0n) is 18.3. The van der Waals surface area contributed by atoms with Crippen LogP contribution in [0.25, 0.3) is 22.0 Å². The molecule has 0 aliphatic carbocycles. The van der Waals surface area contributed by atoms with Crippen LogP contribution in [0.4, 0.5) is 0 Å². The molecule has 4 rings (SSSR count). The number of carbonyl (C=O) groups excluding carboxylic acids is 1. The molecule has 0 saturated heterocycles. The number of nitrogens with one attached hydrogen (secondary N) is 1. The van der Waals surface area contributed by atoms with Crippen molar-refractivity contribution in [1.82, 2.24) is 10.3 Å². The number of pyridine rings is 1. The van der Waals surface area contributed by atoms with E-state index in [4.69, 9.17) is 9.47 Å². The van der Waals surface area contributed by atoms with E-state index >= 15 is 0 Å². The first-order chi connectivity index (χ1) is 15.7. The Balaban J connectivity index is 1.49. The van der Waals surface area contributed by atoms with Crippen molar-refractivity contribution in [3.8, 4) is 22.6 Å². The second-order valence-electron chi connectivity index (χ2n) is 7.33. The Morgan fingerprint density at radius 2 is 1.66 bits per heavy atom. The highest BCUT2D eigenvalue weighted by molar-refractivity contribution is 5.95. The Labute approximate surface area is 188 Å². The van der Waals surface area contributed by atoms with Crippen LogP contribution in [0, 0.1) is 0 Å². The summed E-state index contributed by atoms with van der Waals surface area (Å²) in [6, 6.07) is 23.4. The van der Waals surface area contributed by atoms with Gasteiger partial charge in [-0.05, 0) is 61.4 Å². The molecule has 1 N–H and O–H groups in total. The summed E-state index contributed by atoms with van der Waals surface area (Å²) in [4.78, 5) is 17.3. The van der Waals surface area contributed by atoms with Crippen LogP contribution in [-0.4, -0.2) is 24.1 Å². The molecule has 0 fully saturated rings. The van der Waals surface area contributed by atoms with Crippen LogP contribution in [0.2, 0.25) is 0 Å². The summed E-state index contributed by atoms with van der Waals surface area (Å²) in [6.45, 7) is 5.38. The van der Waals surface area contributed by atoms with Gasteiger partial charge in [0.2, 0.25) is 0 Å². The van der Waals surface area contributed by atoms with E-state index in [1.807, 2.05) is 86.8 Å². The highest BCUT2D eigenvalue weighted by Gasteiger charge is 2.10. The summed E-state index contributed by atoms with van der Waals surface area (Å²) in [5, 5.41) is 4.06. The lowest BCUT2D eigenvalue weighted by Crippen LogP contribution is -2.22. The molecule has 0 unspecified atom stereocenters. The van der Waals surface area contributed by atoms with Gasteiger partial charge in [0.15, 0.2) is 11.5 Å². The smallest absolute Gasteiger partial charge is 0.251 e. The van der Waals surface area contributed by atoms with Crippen LogP contribution in [0.15, 0.2) is 79.0 Å². The molecule has 3 aromatic carbocycles. The van der Waals surface area contributed by atoms with Gasteiger partial charge in [-0.25, -0.2) is 0 Å². The highest BCUT2D eigenvalue weighted by atomic mass is 16.5. The Kier molecular flexibility index (Phi) is 6.66. The minimum Gasteiger partial charge on any atom is -0.490 e. The van der Waals surface area contributed by atoms with E-state index in [-0.39, 0.29) is 5.91 Å². The van der Waals surface area contributed by atoms with Gasteiger partial charge in [-0.3, -0.25) is 9.78 Å². The summed E-state index contributed by atoms with van der Waals surface area (Å²) in [5.74, 6) is 1.26. The first-order valence-corrected chi connectivity index (χ1v) is 10.8. The largest absolute Gasteiger partial charge is 0.490 e. The van der Waals surface area contributed by atoms with E-state index in [0.717, 1.165) is 27.6 Å². The Morgan fingerprint density at radius 3 is 2.50 bits per heavy atom. The second kappa shape index (κ2) is 9.96. The molecular weight excluding hydrogens is 400 g/mol. The van der Waals surface area contributed by atoms with Crippen LogP contribution >= 0.6 is 0 Å². The number of aromatic nitrogens is 1. The van der Waals surface area contributed by atoms with Gasteiger partial charge >= 0.3 is 0 Å². The normalized spacial score (nSPS) is 10.7. The Morgan fingerprint density at radius 1 is 0.844 bits per heavy atom. The summed E-state index contributed by atoms with van der Waals surface area (Å²) >= 11 is 0. The molecule has 0 bridgehead atoms. The van der Waals surface area contributed by atoms with E-state index in [1.54, 1.807) is 0 Å². The van der Waals surface area contributed by atoms with Crippen molar-refractivity contribution >= 4 is 16.8 Å². The van der Waals surface area contributed by atoms with Gasteiger partial charge < -0.3 is 14.8 Å². The SMILES string of the molecule is CCOc1ccc(CNC(=O)c2cccc(-c3cnc4ccccc4c3)c2)cc1OCC. The predicted molar refractivity (Wildman–Crippen MR) is 127 cm³/mol. The fourth-order valence-corrected chi connectivity index (χ4v) is 3.56. The minimum absolute atomic E-state index is 0.132. The molecule has 0 atom stereocenters. The average molecular weight is 427 g/mol. The maximum atomic E-state index is 12.8. The molecular formula is C27H26N2O3. The molecule has 0 aliphatic heterocycles. The van der Waals surface area contributed by atoms with Crippen molar-refractivity contribution in [1.29, 1.82) is 0 Å². The Bertz CT molecular complexity index is 1240. The molecule has 1 amide bonds. The van der Waals surface area contributed by atoms with Crippen molar-refractivity contribution in [3.63, 3.8) is 0 Å². The van der Waals surface area contributed by atoms with E-state index in [9.17, 15) is 4.79 Å². The summed E-state index contributed by atoms with van der Waals surface area (Å²) in [7, 11) is 0. The first-order valence-electron chi connectivity index (χ1n) is 10.8. The molecule has 0 aliphatic rings. The van der Waals surface area contributed by atoms with E-state index in [0.29, 0.717) is 36.8 Å². The van der Waals surface area contributed by atoms with Gasteiger partial charge in [-0.15, -0.1) is 0 Å². The van der Waals surface area contributed by atoms with Crippen LogP contribution in [0.3, 0.4) is 0 Å². The zero-order valence-corrected chi connectivity index (χ0v) is 18.3. The number of carbonyl (C=O) groups is 1. The van der Waals surface area contributed by atoms with Gasteiger partial charge in [0.1, 0.15) is 0 Å². The van der Waals surface area contributed by atoms with Crippen LogP contribution in [0.5, 0.6) is 11.5 Å². The lowest BCUT2D eigenvalue weighted by Gasteiger charge is -2.13. The van der Waals surface area contributed by atoms with Crippen LogP contribution in [-0.2, 0) is 6.54 Å².